The second-order valence-corrected chi connectivity index (χ2v) is 13.2. The summed E-state index contributed by atoms with van der Waals surface area (Å²) in [5.41, 5.74) is 6.89. The van der Waals surface area contributed by atoms with E-state index in [1.54, 1.807) is 12.4 Å². The van der Waals surface area contributed by atoms with Gasteiger partial charge in [0.25, 0.3) is 0 Å². The van der Waals surface area contributed by atoms with E-state index in [1.807, 2.05) is 79.0 Å². The van der Waals surface area contributed by atoms with Crippen LogP contribution in [-0.4, -0.2) is 18.9 Å². The molecule has 0 fully saturated rings. The summed E-state index contributed by atoms with van der Waals surface area (Å²) >= 11 is 0. The van der Waals surface area contributed by atoms with E-state index in [0.717, 1.165) is 77.6 Å². The Hall–Kier alpha value is -6.01. The number of aromatic nitrogens is 4. The summed E-state index contributed by atoms with van der Waals surface area (Å²) in [5.74, 6) is 2.49. The summed E-state index contributed by atoms with van der Waals surface area (Å²) in [7, 11) is 0. The standard InChI is InChI=1S/C42H29FN4O/c1-42(2)31-10-4-6-12-35(31)48-36-19-18-33-38(39(36)42)29-17-15-26(24-34(29)47(33)37-13-7-8-20-44-37)40(43)25-14-16-27-28-9-3-5-11-32(28)46-22-21-45-41(46)30(27)23-25/h3-24,40H,1-2H3. The van der Waals surface area contributed by atoms with Crippen molar-refractivity contribution >= 4 is 49.1 Å². The van der Waals surface area contributed by atoms with Crippen LogP contribution in [0.1, 0.15) is 42.3 Å². The van der Waals surface area contributed by atoms with Crippen molar-refractivity contribution in [2.24, 2.45) is 0 Å². The molecule has 230 valence electrons. The van der Waals surface area contributed by atoms with Gasteiger partial charge in [0.2, 0.25) is 0 Å². The first-order chi connectivity index (χ1) is 23.5. The van der Waals surface area contributed by atoms with Crippen LogP contribution in [0.5, 0.6) is 11.5 Å². The number of ether oxygens (including phenoxy) is 1. The third-order valence-electron chi connectivity index (χ3n) is 10.2. The first-order valence-corrected chi connectivity index (χ1v) is 16.2. The first-order valence-electron chi connectivity index (χ1n) is 16.2. The lowest BCUT2D eigenvalue weighted by atomic mass is 9.74. The van der Waals surface area contributed by atoms with E-state index in [1.165, 1.54) is 0 Å². The zero-order chi connectivity index (χ0) is 32.1. The minimum atomic E-state index is -1.35. The molecule has 0 saturated carbocycles. The highest BCUT2D eigenvalue weighted by Crippen LogP contribution is 2.52. The molecule has 0 saturated heterocycles. The SMILES string of the molecule is CC1(C)c2ccccc2Oc2ccc3c(c21)c1ccc(C(F)c2ccc4c5ccccc5n5ccnc5c4c2)cc1n3-c1ccccn1. The highest BCUT2D eigenvalue weighted by atomic mass is 19.1. The molecule has 1 unspecified atom stereocenters. The van der Waals surface area contributed by atoms with E-state index in [2.05, 4.69) is 70.3 Å². The van der Waals surface area contributed by atoms with Crippen molar-refractivity contribution in [2.75, 3.05) is 0 Å². The number of pyridine rings is 2. The van der Waals surface area contributed by atoms with E-state index < -0.39 is 6.17 Å². The summed E-state index contributed by atoms with van der Waals surface area (Å²) in [6, 6.07) is 38.4. The Morgan fingerprint density at radius 2 is 1.44 bits per heavy atom. The van der Waals surface area contributed by atoms with Crippen LogP contribution in [0.4, 0.5) is 4.39 Å². The van der Waals surface area contributed by atoms with E-state index in [4.69, 9.17) is 9.72 Å². The molecule has 48 heavy (non-hydrogen) atoms. The van der Waals surface area contributed by atoms with Crippen LogP contribution in [0.15, 0.2) is 134 Å². The number of rotatable bonds is 3. The number of hydrogen-bond donors (Lipinski definition) is 0. The number of para-hydroxylation sites is 2. The summed E-state index contributed by atoms with van der Waals surface area (Å²) in [5, 5.41) is 5.22. The number of halogens is 1. The molecule has 0 amide bonds. The molecule has 0 radical (unpaired) electrons. The van der Waals surface area contributed by atoms with Crippen molar-refractivity contribution in [3.05, 3.63) is 156 Å². The number of imidazole rings is 1. The molecular formula is C42H29FN4O. The highest BCUT2D eigenvalue weighted by molar-refractivity contribution is 6.13. The van der Waals surface area contributed by atoms with Crippen molar-refractivity contribution in [1.29, 1.82) is 0 Å². The molecule has 6 heteroatoms. The molecule has 5 nitrogen and oxygen atoms in total. The van der Waals surface area contributed by atoms with E-state index in [-0.39, 0.29) is 5.41 Å². The summed E-state index contributed by atoms with van der Waals surface area (Å²) in [6.07, 6.45) is 4.21. The average Bonchev–Trinajstić information content (AvgIpc) is 3.75. The van der Waals surface area contributed by atoms with Gasteiger partial charge in [-0.2, -0.15) is 0 Å². The quantitative estimate of drug-likeness (QED) is 0.184. The van der Waals surface area contributed by atoms with Gasteiger partial charge in [-0.05, 0) is 65.0 Å². The third kappa shape index (κ3) is 3.65. The van der Waals surface area contributed by atoms with Gasteiger partial charge in [0.15, 0.2) is 6.17 Å². The predicted octanol–water partition coefficient (Wildman–Crippen LogP) is 10.6. The Balaban J connectivity index is 1.20. The van der Waals surface area contributed by atoms with E-state index >= 15 is 4.39 Å². The van der Waals surface area contributed by atoms with Gasteiger partial charge in [0, 0.05) is 56.7 Å². The second kappa shape index (κ2) is 9.75. The fourth-order valence-corrected chi connectivity index (χ4v) is 7.97. The largest absolute Gasteiger partial charge is 0.457 e. The highest BCUT2D eigenvalue weighted by Gasteiger charge is 2.37. The topological polar surface area (TPSA) is 44.4 Å². The minimum absolute atomic E-state index is 0.332. The fraction of sp³-hybridized carbons (Fsp3) is 0.0952. The Bertz CT molecular complexity index is 2760. The van der Waals surface area contributed by atoms with Crippen molar-refractivity contribution < 1.29 is 9.13 Å². The Labute approximate surface area is 275 Å². The van der Waals surface area contributed by atoms with Crippen molar-refractivity contribution in [3.8, 4) is 17.3 Å². The van der Waals surface area contributed by atoms with Crippen LogP contribution in [0.25, 0.3) is 54.9 Å². The number of benzene rings is 5. The van der Waals surface area contributed by atoms with Gasteiger partial charge in [-0.1, -0.05) is 80.6 Å². The minimum Gasteiger partial charge on any atom is -0.457 e. The normalized spacial score (nSPS) is 14.4. The molecule has 1 aliphatic rings. The van der Waals surface area contributed by atoms with Crippen molar-refractivity contribution in [2.45, 2.75) is 25.4 Å². The van der Waals surface area contributed by atoms with Gasteiger partial charge in [0.05, 0.1) is 16.6 Å². The molecular weight excluding hydrogens is 595 g/mol. The van der Waals surface area contributed by atoms with Gasteiger partial charge in [-0.3, -0.25) is 8.97 Å². The van der Waals surface area contributed by atoms with Gasteiger partial charge in [-0.25, -0.2) is 14.4 Å². The second-order valence-electron chi connectivity index (χ2n) is 13.2. The third-order valence-corrected chi connectivity index (χ3v) is 10.2. The molecule has 0 spiro atoms. The van der Waals surface area contributed by atoms with Crippen LogP contribution in [0.3, 0.4) is 0 Å². The Kier molecular flexibility index (Phi) is 5.51. The molecule has 5 aromatic carbocycles. The van der Waals surface area contributed by atoms with Gasteiger partial charge < -0.3 is 4.74 Å². The first kappa shape index (κ1) is 27.1. The van der Waals surface area contributed by atoms with Gasteiger partial charge >= 0.3 is 0 Å². The Morgan fingerprint density at radius 1 is 0.646 bits per heavy atom. The molecule has 0 N–H and O–H groups in total. The van der Waals surface area contributed by atoms with Crippen LogP contribution >= 0.6 is 0 Å². The zero-order valence-corrected chi connectivity index (χ0v) is 26.4. The fourth-order valence-electron chi connectivity index (χ4n) is 7.97. The summed E-state index contributed by atoms with van der Waals surface area (Å²) in [6.45, 7) is 4.50. The van der Waals surface area contributed by atoms with Crippen LogP contribution < -0.4 is 4.74 Å². The summed E-state index contributed by atoms with van der Waals surface area (Å²) < 4.78 is 27.6. The molecule has 1 aliphatic heterocycles. The summed E-state index contributed by atoms with van der Waals surface area (Å²) in [4.78, 5) is 9.41. The molecule has 9 aromatic rings. The number of nitrogens with zero attached hydrogens (tertiary/aromatic N) is 4. The lowest BCUT2D eigenvalue weighted by Gasteiger charge is -2.35. The maximum absolute atomic E-state index is 16.8. The van der Waals surface area contributed by atoms with Gasteiger partial charge in [-0.15, -0.1) is 0 Å². The van der Waals surface area contributed by atoms with Crippen LogP contribution in [0, 0.1) is 0 Å². The van der Waals surface area contributed by atoms with Crippen LogP contribution in [0.2, 0.25) is 0 Å². The molecule has 5 heterocycles. The van der Waals surface area contributed by atoms with E-state index in [9.17, 15) is 0 Å². The smallest absolute Gasteiger partial charge is 0.150 e. The molecule has 10 rings (SSSR count). The molecule has 4 aromatic heterocycles. The average molecular weight is 625 g/mol. The molecule has 1 atom stereocenters. The zero-order valence-electron chi connectivity index (χ0n) is 26.4. The van der Waals surface area contributed by atoms with E-state index in [0.29, 0.717) is 11.1 Å². The van der Waals surface area contributed by atoms with Crippen LogP contribution in [-0.2, 0) is 5.41 Å². The van der Waals surface area contributed by atoms with Crippen molar-refractivity contribution in [1.82, 2.24) is 18.9 Å². The van der Waals surface area contributed by atoms with Gasteiger partial charge in [0.1, 0.15) is 23.0 Å². The predicted molar refractivity (Wildman–Crippen MR) is 190 cm³/mol. The number of hydrogen-bond acceptors (Lipinski definition) is 3. The molecule has 0 bridgehead atoms. The lowest BCUT2D eigenvalue weighted by Crippen LogP contribution is -2.24. The van der Waals surface area contributed by atoms with Crippen molar-refractivity contribution in [3.63, 3.8) is 0 Å². The Morgan fingerprint density at radius 3 is 2.31 bits per heavy atom. The molecule has 0 aliphatic carbocycles. The number of fused-ring (bicyclic) bond motifs is 12. The maximum atomic E-state index is 16.8. The lowest BCUT2D eigenvalue weighted by molar-refractivity contribution is 0.402. The number of alkyl halides is 1. The maximum Gasteiger partial charge on any atom is 0.150 e. The monoisotopic (exact) mass is 624 g/mol.